The molecule has 4 aromatic rings. The zero-order valence-electron chi connectivity index (χ0n) is 20.9. The number of nitrogens with zero attached hydrogens (tertiary/aromatic N) is 6. The lowest BCUT2D eigenvalue weighted by Crippen LogP contribution is -2.44. The van der Waals surface area contributed by atoms with Crippen LogP contribution in [0.25, 0.3) is 11.2 Å². The molecule has 1 aromatic carbocycles. The summed E-state index contributed by atoms with van der Waals surface area (Å²) >= 11 is 0. The highest BCUT2D eigenvalue weighted by Crippen LogP contribution is 2.34. The Morgan fingerprint density at radius 2 is 1.89 bits per heavy atom. The summed E-state index contributed by atoms with van der Waals surface area (Å²) in [5.41, 5.74) is 3.04. The molecule has 1 N–H and O–H groups in total. The number of fused-ring (bicyclic) bond motifs is 2. The van der Waals surface area contributed by atoms with Gasteiger partial charge in [-0.25, -0.2) is 24.5 Å². The number of aromatic nitrogens is 5. The first-order valence-corrected chi connectivity index (χ1v) is 12.8. The molecule has 6 rings (SSSR count). The molecule has 1 fully saturated rings. The minimum absolute atomic E-state index is 0.0334. The standard InChI is InChI=1S/C27H27N7O4/c1-2-38-26(36)22-14-17-6-3-4-7-20(17)34(22)25(35)19-15-23(30-16-29-19)32-12-9-18(10-13-32)33-21-8-5-11-28-24(21)31-27(33)37/h3-8,11,15-16,18,22H,2,9-10,12-14H2,1H3,(H,28,31,37). The van der Waals surface area contributed by atoms with E-state index in [0.29, 0.717) is 36.7 Å². The van der Waals surface area contributed by atoms with E-state index in [0.717, 1.165) is 23.9 Å². The maximum atomic E-state index is 13.7. The van der Waals surface area contributed by atoms with Crippen LogP contribution in [0.2, 0.25) is 0 Å². The Hall–Kier alpha value is -4.54. The highest BCUT2D eigenvalue weighted by molar-refractivity contribution is 6.10. The average Bonchev–Trinajstić information content (AvgIpc) is 3.50. The van der Waals surface area contributed by atoms with Gasteiger partial charge in [0.05, 0.1) is 12.1 Å². The predicted octanol–water partition coefficient (Wildman–Crippen LogP) is 2.49. The Balaban J connectivity index is 1.22. The SMILES string of the molecule is CCOC(=O)C1Cc2ccccc2N1C(=O)c1cc(N2CCC(n3c(=O)[nH]c4ncccc43)CC2)ncn1. The number of pyridine rings is 1. The third-order valence-corrected chi connectivity index (χ3v) is 7.27. The summed E-state index contributed by atoms with van der Waals surface area (Å²) in [5, 5.41) is 0. The lowest BCUT2D eigenvalue weighted by Gasteiger charge is -2.33. The van der Waals surface area contributed by atoms with E-state index in [1.165, 1.54) is 11.2 Å². The van der Waals surface area contributed by atoms with Crippen molar-refractivity contribution in [1.82, 2.24) is 24.5 Å². The summed E-state index contributed by atoms with van der Waals surface area (Å²) in [7, 11) is 0. The lowest BCUT2D eigenvalue weighted by molar-refractivity contribution is -0.144. The van der Waals surface area contributed by atoms with Gasteiger partial charge in [-0.2, -0.15) is 0 Å². The van der Waals surface area contributed by atoms with Crippen LogP contribution >= 0.6 is 0 Å². The molecule has 11 heteroatoms. The summed E-state index contributed by atoms with van der Waals surface area (Å²) in [6.07, 6.45) is 4.91. The fraction of sp³-hybridized carbons (Fsp3) is 0.333. The zero-order valence-corrected chi connectivity index (χ0v) is 20.9. The Bertz CT molecular complexity index is 1570. The zero-order chi connectivity index (χ0) is 26.2. The van der Waals surface area contributed by atoms with Crippen molar-refractivity contribution >= 4 is 34.5 Å². The Kier molecular flexibility index (Phi) is 6.10. The van der Waals surface area contributed by atoms with Gasteiger partial charge in [-0.3, -0.25) is 19.2 Å². The van der Waals surface area contributed by atoms with Gasteiger partial charge in [0, 0.05) is 43.5 Å². The van der Waals surface area contributed by atoms with Crippen molar-refractivity contribution in [3.05, 3.63) is 76.7 Å². The van der Waals surface area contributed by atoms with Crippen LogP contribution in [0.5, 0.6) is 0 Å². The van der Waals surface area contributed by atoms with E-state index in [9.17, 15) is 14.4 Å². The normalized spacial score (nSPS) is 17.6. The van der Waals surface area contributed by atoms with Crippen LogP contribution in [0.1, 0.15) is 41.9 Å². The van der Waals surface area contributed by atoms with Crippen molar-refractivity contribution in [3.63, 3.8) is 0 Å². The van der Waals surface area contributed by atoms with Gasteiger partial charge in [-0.1, -0.05) is 18.2 Å². The number of anilines is 2. The van der Waals surface area contributed by atoms with Crippen LogP contribution in [0.15, 0.2) is 59.8 Å². The summed E-state index contributed by atoms with van der Waals surface area (Å²) in [4.78, 5) is 58.3. The quantitative estimate of drug-likeness (QED) is 0.404. The molecule has 5 heterocycles. The van der Waals surface area contributed by atoms with Crippen LogP contribution in [0.4, 0.5) is 11.5 Å². The first kappa shape index (κ1) is 23.8. The molecule has 0 bridgehead atoms. The predicted molar refractivity (Wildman–Crippen MR) is 140 cm³/mol. The number of piperidine rings is 1. The number of imidazole rings is 1. The molecule has 11 nitrogen and oxygen atoms in total. The third-order valence-electron chi connectivity index (χ3n) is 7.27. The second-order valence-electron chi connectivity index (χ2n) is 9.43. The van der Waals surface area contributed by atoms with Gasteiger partial charge >= 0.3 is 11.7 Å². The monoisotopic (exact) mass is 513 g/mol. The fourth-order valence-electron chi connectivity index (χ4n) is 5.50. The number of amides is 1. The molecule has 0 spiro atoms. The molecule has 0 radical (unpaired) electrons. The summed E-state index contributed by atoms with van der Waals surface area (Å²) in [6, 6.07) is 12.2. The molecule has 1 unspecified atom stereocenters. The van der Waals surface area contributed by atoms with Crippen molar-refractivity contribution in [2.45, 2.75) is 38.3 Å². The van der Waals surface area contributed by atoms with Crippen molar-refractivity contribution < 1.29 is 14.3 Å². The molecular weight excluding hydrogens is 486 g/mol. The van der Waals surface area contributed by atoms with Crippen LogP contribution in [0, 0.1) is 0 Å². The average molecular weight is 514 g/mol. The molecule has 1 atom stereocenters. The Morgan fingerprint density at radius 1 is 1.08 bits per heavy atom. The molecule has 3 aromatic heterocycles. The van der Waals surface area contributed by atoms with Crippen molar-refractivity contribution in [3.8, 4) is 0 Å². The molecule has 0 saturated carbocycles. The van der Waals surface area contributed by atoms with Gasteiger partial charge in [-0.15, -0.1) is 0 Å². The molecule has 1 saturated heterocycles. The van der Waals surface area contributed by atoms with E-state index in [2.05, 4.69) is 24.8 Å². The van der Waals surface area contributed by atoms with Gasteiger partial charge in [0.2, 0.25) is 0 Å². The van der Waals surface area contributed by atoms with Crippen LogP contribution in [-0.4, -0.2) is 62.1 Å². The number of hydrogen-bond acceptors (Lipinski definition) is 8. The number of hydrogen-bond donors (Lipinski definition) is 1. The summed E-state index contributed by atoms with van der Waals surface area (Å²) < 4.78 is 7.05. The molecular formula is C27H27N7O4. The van der Waals surface area contributed by atoms with Gasteiger partial charge < -0.3 is 9.64 Å². The Labute approximate surface area is 218 Å². The number of rotatable bonds is 5. The van der Waals surface area contributed by atoms with Crippen LogP contribution in [-0.2, 0) is 16.0 Å². The number of aromatic amines is 1. The van der Waals surface area contributed by atoms with Crippen LogP contribution < -0.4 is 15.5 Å². The number of esters is 1. The maximum Gasteiger partial charge on any atom is 0.329 e. The first-order chi connectivity index (χ1) is 18.5. The molecule has 194 valence electrons. The number of carbonyl (C=O) groups excluding carboxylic acids is 2. The van der Waals surface area contributed by atoms with Gasteiger partial charge in [0.15, 0.2) is 5.65 Å². The molecule has 1 amide bonds. The number of nitrogens with one attached hydrogen (secondary N) is 1. The largest absolute Gasteiger partial charge is 0.464 e. The van der Waals surface area contributed by atoms with Gasteiger partial charge in [0.25, 0.3) is 5.91 Å². The minimum Gasteiger partial charge on any atom is -0.464 e. The van der Waals surface area contributed by atoms with Crippen molar-refractivity contribution in [2.24, 2.45) is 0 Å². The van der Waals surface area contributed by atoms with Crippen molar-refractivity contribution in [1.29, 1.82) is 0 Å². The van der Waals surface area contributed by atoms with E-state index in [1.807, 2.05) is 36.4 Å². The number of para-hydroxylation sites is 1. The third kappa shape index (κ3) is 4.09. The van der Waals surface area contributed by atoms with Crippen LogP contribution in [0.3, 0.4) is 0 Å². The number of benzene rings is 1. The Morgan fingerprint density at radius 3 is 2.71 bits per heavy atom. The second-order valence-corrected chi connectivity index (χ2v) is 9.43. The van der Waals surface area contributed by atoms with E-state index in [4.69, 9.17) is 4.74 Å². The molecule has 0 aliphatic carbocycles. The van der Waals surface area contributed by atoms with Gasteiger partial charge in [0.1, 0.15) is 23.9 Å². The van der Waals surface area contributed by atoms with E-state index < -0.39 is 12.0 Å². The highest BCUT2D eigenvalue weighted by Gasteiger charge is 2.40. The number of ether oxygens (including phenoxy) is 1. The first-order valence-electron chi connectivity index (χ1n) is 12.8. The van der Waals surface area contributed by atoms with E-state index in [1.54, 1.807) is 23.8 Å². The number of carbonyl (C=O) groups is 2. The molecule has 38 heavy (non-hydrogen) atoms. The topological polar surface area (TPSA) is 126 Å². The van der Waals surface area contributed by atoms with E-state index >= 15 is 0 Å². The van der Waals surface area contributed by atoms with E-state index in [-0.39, 0.29) is 29.9 Å². The summed E-state index contributed by atoms with van der Waals surface area (Å²) in [5.74, 6) is -0.171. The maximum absolute atomic E-state index is 13.7. The second kappa shape index (κ2) is 9.73. The summed E-state index contributed by atoms with van der Waals surface area (Å²) in [6.45, 7) is 3.31. The minimum atomic E-state index is -0.738. The molecule has 2 aliphatic rings. The molecule has 2 aliphatic heterocycles. The highest BCUT2D eigenvalue weighted by atomic mass is 16.5. The number of H-pyrrole nitrogens is 1. The fourth-order valence-corrected chi connectivity index (χ4v) is 5.50. The van der Waals surface area contributed by atoms with Gasteiger partial charge in [-0.05, 0) is 43.5 Å². The van der Waals surface area contributed by atoms with Crippen molar-refractivity contribution in [2.75, 3.05) is 29.5 Å². The smallest absolute Gasteiger partial charge is 0.329 e. The lowest BCUT2D eigenvalue weighted by atomic mass is 10.0.